The molecule has 0 aliphatic carbocycles. The maximum atomic E-state index is 11.0. The molecule has 6 heteroatoms. The Hall–Kier alpha value is -1.76. The number of ketones is 1. The zero-order valence-corrected chi connectivity index (χ0v) is 19.4. The van der Waals surface area contributed by atoms with Gasteiger partial charge in [-0.15, -0.1) is 0 Å². The number of hydrogen-bond acceptors (Lipinski definition) is 5. The Kier molecular flexibility index (Phi) is 21.4. The zero-order valence-electron chi connectivity index (χ0n) is 17.8. The minimum absolute atomic E-state index is 0. The molecule has 2 aromatic rings. The third kappa shape index (κ3) is 17.9. The van der Waals surface area contributed by atoms with E-state index in [0.717, 1.165) is 29.4 Å². The van der Waals surface area contributed by atoms with Crippen molar-refractivity contribution in [3.8, 4) is 0 Å². The van der Waals surface area contributed by atoms with E-state index in [-0.39, 0.29) is 33.2 Å². The molecule has 1 unspecified atom stereocenters. The highest BCUT2D eigenvalue weighted by molar-refractivity contribution is 7.98. The number of ether oxygens (including phenoxy) is 1. The van der Waals surface area contributed by atoms with Gasteiger partial charge < -0.3 is 9.84 Å². The van der Waals surface area contributed by atoms with Crippen LogP contribution in [-0.2, 0) is 25.8 Å². The molecule has 0 heterocycles. The summed E-state index contributed by atoms with van der Waals surface area (Å²) in [5.74, 6) is 3.21. The molecule has 0 saturated carbocycles. The normalized spacial score (nSPS) is 10.6. The summed E-state index contributed by atoms with van der Waals surface area (Å²) >= 11 is 3.59. The number of benzene rings is 2. The molecule has 1 atom stereocenters. The number of hydrogen-bond donors (Lipinski definition) is 1. The van der Waals surface area contributed by atoms with E-state index in [4.69, 9.17) is 9.84 Å². The number of aliphatic carboxylic acids is 1. The molecule has 0 amide bonds. The quantitative estimate of drug-likeness (QED) is 0.312. The second kappa shape index (κ2) is 21.1. The average molecular weight is 481 g/mol. The van der Waals surface area contributed by atoms with Gasteiger partial charge in [-0.05, 0) is 30.2 Å². The second-order valence-electron chi connectivity index (χ2n) is 6.80. The number of carbonyl (C=O) groups is 2. The first-order chi connectivity index (χ1) is 14.5. The molecule has 0 aliphatic heterocycles. The summed E-state index contributed by atoms with van der Waals surface area (Å²) in [4.78, 5) is 21.2. The fourth-order valence-corrected chi connectivity index (χ4v) is 4.49. The number of rotatable bonds is 13. The van der Waals surface area contributed by atoms with E-state index in [9.17, 15) is 9.59 Å². The molecule has 4 nitrogen and oxygen atoms in total. The van der Waals surface area contributed by atoms with Gasteiger partial charge in [-0.3, -0.25) is 9.59 Å². The van der Waals surface area contributed by atoms with Crippen molar-refractivity contribution in [1.82, 2.24) is 0 Å². The van der Waals surface area contributed by atoms with E-state index in [0.29, 0.717) is 6.42 Å². The average Bonchev–Trinajstić information content (AvgIpc) is 2.74. The Labute approximate surface area is 203 Å². The Morgan fingerprint density at radius 2 is 1.41 bits per heavy atom. The Morgan fingerprint density at radius 3 is 1.84 bits per heavy atom. The molecule has 0 aromatic heterocycles. The van der Waals surface area contributed by atoms with Crippen LogP contribution in [0.1, 0.15) is 52.2 Å². The van der Waals surface area contributed by atoms with Gasteiger partial charge in [0.15, 0.2) is 0 Å². The first-order valence-electron chi connectivity index (χ1n) is 9.98. The summed E-state index contributed by atoms with van der Waals surface area (Å²) in [6, 6.07) is 20.5. The third-order valence-electron chi connectivity index (χ3n) is 4.05. The molecule has 180 valence electrons. The van der Waals surface area contributed by atoms with Gasteiger partial charge in [-0.1, -0.05) is 75.5 Å². The van der Waals surface area contributed by atoms with Crippen molar-refractivity contribution in [3.63, 3.8) is 0 Å². The van der Waals surface area contributed by atoms with Crippen molar-refractivity contribution >= 4 is 35.3 Å². The van der Waals surface area contributed by atoms with Gasteiger partial charge in [-0.2, -0.15) is 23.5 Å². The fraction of sp³-hybridized carbons (Fsp3) is 0.462. The lowest BCUT2D eigenvalue weighted by Gasteiger charge is -2.12. The summed E-state index contributed by atoms with van der Waals surface area (Å²) in [6.45, 7) is 1.61. The highest BCUT2D eigenvalue weighted by Crippen LogP contribution is 2.15. The lowest BCUT2D eigenvalue weighted by molar-refractivity contribution is -0.137. The zero-order chi connectivity index (χ0) is 22.0. The predicted molar refractivity (Wildman–Crippen MR) is 142 cm³/mol. The molecule has 32 heavy (non-hydrogen) atoms. The predicted octanol–water partition coefficient (Wildman–Crippen LogP) is 6.97. The number of methoxy groups -OCH3 is 1. The van der Waals surface area contributed by atoms with Crippen LogP contribution < -0.4 is 0 Å². The molecule has 0 bridgehead atoms. The lowest BCUT2D eigenvalue weighted by atomic mass is 10.2. The highest BCUT2D eigenvalue weighted by atomic mass is 32.2. The first kappa shape index (κ1) is 32.4. The van der Waals surface area contributed by atoms with Crippen molar-refractivity contribution in [2.45, 2.75) is 58.6 Å². The Morgan fingerprint density at radius 1 is 0.906 bits per heavy atom. The van der Waals surface area contributed by atoms with Gasteiger partial charge in [0.25, 0.3) is 0 Å². The summed E-state index contributed by atoms with van der Waals surface area (Å²) in [5.41, 5.74) is 2.61. The van der Waals surface area contributed by atoms with Gasteiger partial charge >= 0.3 is 5.97 Å². The van der Waals surface area contributed by atoms with Crippen LogP contribution >= 0.6 is 23.5 Å². The van der Waals surface area contributed by atoms with Crippen molar-refractivity contribution in [3.05, 3.63) is 71.8 Å². The molecule has 0 radical (unpaired) electrons. The fourth-order valence-electron chi connectivity index (χ4n) is 2.50. The largest absolute Gasteiger partial charge is 0.481 e. The molecular weight excluding hydrogens is 440 g/mol. The van der Waals surface area contributed by atoms with Gasteiger partial charge in [0.05, 0.1) is 6.10 Å². The van der Waals surface area contributed by atoms with Crippen LogP contribution in [0, 0.1) is 0 Å². The number of carbonyl (C=O) groups excluding carboxylic acids is 1. The van der Waals surface area contributed by atoms with Gasteiger partial charge in [-0.25, -0.2) is 0 Å². The van der Waals surface area contributed by atoms with Gasteiger partial charge in [0.2, 0.25) is 0 Å². The topological polar surface area (TPSA) is 63.6 Å². The van der Waals surface area contributed by atoms with Crippen LogP contribution in [0.15, 0.2) is 60.7 Å². The van der Waals surface area contributed by atoms with Crippen molar-refractivity contribution in [1.29, 1.82) is 0 Å². The molecule has 0 saturated heterocycles. The SMILES string of the molecule is C.C.COC(CSCc1ccccc1)CC(C)=O.O=C(O)CCCSCc1ccccc1. The van der Waals surface area contributed by atoms with Crippen LogP contribution in [0.5, 0.6) is 0 Å². The molecule has 0 spiro atoms. The van der Waals surface area contributed by atoms with Crippen molar-refractivity contribution in [2.24, 2.45) is 0 Å². The summed E-state index contributed by atoms with van der Waals surface area (Å²) in [5, 5.41) is 8.42. The minimum Gasteiger partial charge on any atom is -0.481 e. The summed E-state index contributed by atoms with van der Waals surface area (Å²) in [6.07, 6.45) is 1.60. The molecule has 0 aliphatic rings. The Bertz CT molecular complexity index is 708. The van der Waals surface area contributed by atoms with Crippen LogP contribution in [0.3, 0.4) is 0 Å². The van der Waals surface area contributed by atoms with E-state index in [1.54, 1.807) is 37.6 Å². The van der Waals surface area contributed by atoms with Crippen molar-refractivity contribution < 1.29 is 19.4 Å². The summed E-state index contributed by atoms with van der Waals surface area (Å²) < 4.78 is 5.26. The van der Waals surface area contributed by atoms with Crippen LogP contribution in [0.2, 0.25) is 0 Å². The number of carboxylic acid groups (broad SMARTS) is 1. The van der Waals surface area contributed by atoms with E-state index in [2.05, 4.69) is 24.3 Å². The smallest absolute Gasteiger partial charge is 0.303 e. The lowest BCUT2D eigenvalue weighted by Crippen LogP contribution is -2.17. The first-order valence-corrected chi connectivity index (χ1v) is 12.3. The number of carboxylic acids is 1. The van der Waals surface area contributed by atoms with E-state index in [1.165, 1.54) is 11.1 Å². The molecule has 2 rings (SSSR count). The third-order valence-corrected chi connectivity index (χ3v) is 6.31. The Balaban J connectivity index is 0. The van der Waals surface area contributed by atoms with E-state index in [1.807, 2.05) is 36.4 Å². The maximum absolute atomic E-state index is 11.0. The van der Waals surface area contributed by atoms with Gasteiger partial charge in [0.1, 0.15) is 5.78 Å². The maximum Gasteiger partial charge on any atom is 0.303 e. The van der Waals surface area contributed by atoms with Gasteiger partial charge in [0, 0.05) is 37.2 Å². The summed E-state index contributed by atoms with van der Waals surface area (Å²) in [7, 11) is 1.66. The van der Waals surface area contributed by atoms with Crippen LogP contribution in [0.4, 0.5) is 0 Å². The minimum atomic E-state index is -0.703. The molecule has 0 fully saturated rings. The molecular formula is C26H40O4S2. The number of thioether (sulfide) groups is 2. The molecule has 1 N–H and O–H groups in total. The second-order valence-corrected chi connectivity index (χ2v) is 8.94. The highest BCUT2D eigenvalue weighted by Gasteiger charge is 2.09. The van der Waals surface area contributed by atoms with Crippen molar-refractivity contribution in [2.75, 3.05) is 18.6 Å². The van der Waals surface area contributed by atoms with E-state index >= 15 is 0 Å². The van der Waals surface area contributed by atoms with E-state index < -0.39 is 5.97 Å². The monoisotopic (exact) mass is 480 g/mol. The molecule has 2 aromatic carbocycles. The van der Waals surface area contributed by atoms with Crippen LogP contribution in [-0.4, -0.2) is 41.6 Å². The number of Topliss-reactive ketones (excluding diaryl/α,β-unsaturated/α-hetero) is 1. The standard InChI is InChI=1S/C13H18O2S.C11H14O2S.2CH4/c1-11(14)8-13(15-2)10-16-9-12-6-4-3-5-7-12;12-11(13)7-4-8-14-9-10-5-2-1-3-6-10;;/h3-7,13H,8-10H2,1-2H3;1-3,5-6H,4,7-9H2,(H,12,13);2*1H4. The van der Waals surface area contributed by atoms with Crippen LogP contribution in [0.25, 0.3) is 0 Å².